The maximum atomic E-state index is 3.49. The SMILES string of the molecule is CC1NCCNC1c1cc[nH]c1. The molecule has 1 aliphatic rings. The van der Waals surface area contributed by atoms with E-state index in [1.807, 2.05) is 6.20 Å². The zero-order chi connectivity index (χ0) is 8.39. The predicted molar refractivity (Wildman–Crippen MR) is 49.0 cm³/mol. The van der Waals surface area contributed by atoms with Crippen molar-refractivity contribution in [2.24, 2.45) is 0 Å². The molecule has 1 fully saturated rings. The normalized spacial score (nSPS) is 30.4. The summed E-state index contributed by atoms with van der Waals surface area (Å²) in [4.78, 5) is 3.08. The van der Waals surface area contributed by atoms with E-state index in [1.54, 1.807) is 0 Å². The van der Waals surface area contributed by atoms with E-state index in [1.165, 1.54) is 5.56 Å². The third-order valence-corrected chi connectivity index (χ3v) is 2.44. The number of hydrogen-bond donors (Lipinski definition) is 3. The van der Waals surface area contributed by atoms with Gasteiger partial charge in [0.2, 0.25) is 0 Å². The van der Waals surface area contributed by atoms with Crippen molar-refractivity contribution in [2.75, 3.05) is 13.1 Å². The van der Waals surface area contributed by atoms with Crippen molar-refractivity contribution >= 4 is 0 Å². The third-order valence-electron chi connectivity index (χ3n) is 2.44. The highest BCUT2D eigenvalue weighted by atomic mass is 15.1. The second-order valence-electron chi connectivity index (χ2n) is 3.32. The molecular formula is C9H15N3. The Hall–Kier alpha value is -0.800. The Kier molecular flexibility index (Phi) is 2.15. The lowest BCUT2D eigenvalue weighted by Gasteiger charge is -2.30. The van der Waals surface area contributed by atoms with E-state index in [0.717, 1.165) is 13.1 Å². The summed E-state index contributed by atoms with van der Waals surface area (Å²) in [6.07, 6.45) is 4.03. The Labute approximate surface area is 72.6 Å². The molecule has 0 bridgehead atoms. The summed E-state index contributed by atoms with van der Waals surface area (Å²) in [5.41, 5.74) is 1.34. The minimum absolute atomic E-state index is 0.463. The van der Waals surface area contributed by atoms with Gasteiger partial charge in [-0.05, 0) is 18.6 Å². The van der Waals surface area contributed by atoms with Crippen molar-refractivity contribution in [1.82, 2.24) is 15.6 Å². The standard InChI is InChI=1S/C9H15N3/c1-7-9(12-5-4-11-7)8-2-3-10-6-8/h2-3,6-7,9-12H,4-5H2,1H3. The van der Waals surface area contributed by atoms with Crippen molar-refractivity contribution in [3.05, 3.63) is 24.0 Å². The monoisotopic (exact) mass is 165 g/mol. The van der Waals surface area contributed by atoms with Gasteiger partial charge in [0.25, 0.3) is 0 Å². The molecule has 0 spiro atoms. The van der Waals surface area contributed by atoms with Crippen LogP contribution in [0.1, 0.15) is 18.5 Å². The largest absolute Gasteiger partial charge is 0.367 e. The summed E-state index contributed by atoms with van der Waals surface area (Å²) < 4.78 is 0. The molecule has 1 saturated heterocycles. The molecule has 0 saturated carbocycles. The van der Waals surface area contributed by atoms with E-state index >= 15 is 0 Å². The van der Waals surface area contributed by atoms with Gasteiger partial charge >= 0.3 is 0 Å². The Morgan fingerprint density at radius 3 is 2.83 bits per heavy atom. The molecule has 0 radical (unpaired) electrons. The molecule has 0 amide bonds. The lowest BCUT2D eigenvalue weighted by molar-refractivity contribution is 0.346. The van der Waals surface area contributed by atoms with E-state index in [2.05, 4.69) is 34.8 Å². The van der Waals surface area contributed by atoms with Crippen LogP contribution in [0, 0.1) is 0 Å². The minimum Gasteiger partial charge on any atom is -0.367 e. The Morgan fingerprint density at radius 2 is 2.17 bits per heavy atom. The number of rotatable bonds is 1. The highest BCUT2D eigenvalue weighted by molar-refractivity contribution is 5.16. The zero-order valence-corrected chi connectivity index (χ0v) is 7.30. The van der Waals surface area contributed by atoms with Crippen molar-refractivity contribution < 1.29 is 0 Å². The molecule has 2 rings (SSSR count). The molecule has 2 unspecified atom stereocenters. The number of aromatic nitrogens is 1. The number of nitrogens with one attached hydrogen (secondary N) is 3. The van der Waals surface area contributed by atoms with Crippen LogP contribution < -0.4 is 10.6 Å². The van der Waals surface area contributed by atoms with Gasteiger partial charge in [-0.1, -0.05) is 0 Å². The Balaban J connectivity index is 2.11. The summed E-state index contributed by atoms with van der Waals surface area (Å²) in [7, 11) is 0. The molecule has 3 N–H and O–H groups in total. The zero-order valence-electron chi connectivity index (χ0n) is 7.30. The fourth-order valence-electron chi connectivity index (χ4n) is 1.76. The van der Waals surface area contributed by atoms with Gasteiger partial charge in [0.15, 0.2) is 0 Å². The van der Waals surface area contributed by atoms with Crippen molar-refractivity contribution in [1.29, 1.82) is 0 Å². The topological polar surface area (TPSA) is 39.8 Å². The van der Waals surface area contributed by atoms with E-state index in [0.29, 0.717) is 12.1 Å². The molecule has 1 aromatic rings. The molecule has 12 heavy (non-hydrogen) atoms. The fraction of sp³-hybridized carbons (Fsp3) is 0.556. The molecular weight excluding hydrogens is 150 g/mol. The van der Waals surface area contributed by atoms with Crippen LogP contribution in [0.25, 0.3) is 0 Å². The Bertz CT molecular complexity index is 230. The maximum absolute atomic E-state index is 3.49. The third kappa shape index (κ3) is 1.38. The summed E-state index contributed by atoms with van der Waals surface area (Å²) in [5, 5.41) is 6.93. The summed E-state index contributed by atoms with van der Waals surface area (Å²) >= 11 is 0. The number of aromatic amines is 1. The minimum atomic E-state index is 0.463. The summed E-state index contributed by atoms with van der Waals surface area (Å²) in [5.74, 6) is 0. The number of hydrogen-bond acceptors (Lipinski definition) is 2. The van der Waals surface area contributed by atoms with Gasteiger partial charge in [-0.2, -0.15) is 0 Å². The van der Waals surface area contributed by atoms with E-state index in [4.69, 9.17) is 0 Å². The van der Waals surface area contributed by atoms with Crippen LogP contribution in [0.2, 0.25) is 0 Å². The van der Waals surface area contributed by atoms with Crippen molar-refractivity contribution in [3.63, 3.8) is 0 Å². The van der Waals surface area contributed by atoms with Crippen LogP contribution >= 0.6 is 0 Å². The van der Waals surface area contributed by atoms with Crippen molar-refractivity contribution in [2.45, 2.75) is 19.0 Å². The van der Waals surface area contributed by atoms with Gasteiger partial charge in [-0.3, -0.25) is 0 Å². The van der Waals surface area contributed by atoms with Crippen molar-refractivity contribution in [3.8, 4) is 0 Å². The first-order valence-electron chi connectivity index (χ1n) is 4.47. The fourth-order valence-corrected chi connectivity index (χ4v) is 1.76. The first-order chi connectivity index (χ1) is 5.88. The predicted octanol–water partition coefficient (Wildman–Crippen LogP) is 0.637. The number of piperazine rings is 1. The molecule has 0 aromatic carbocycles. The van der Waals surface area contributed by atoms with E-state index in [-0.39, 0.29) is 0 Å². The lowest BCUT2D eigenvalue weighted by atomic mass is 10.0. The lowest BCUT2D eigenvalue weighted by Crippen LogP contribution is -2.48. The molecule has 66 valence electrons. The quantitative estimate of drug-likeness (QED) is 0.571. The average Bonchev–Trinajstić information content (AvgIpc) is 2.57. The van der Waals surface area contributed by atoms with Gasteiger partial charge in [0.1, 0.15) is 0 Å². The molecule has 1 aliphatic heterocycles. The number of H-pyrrole nitrogens is 1. The molecule has 2 heterocycles. The van der Waals surface area contributed by atoms with E-state index < -0.39 is 0 Å². The first-order valence-corrected chi connectivity index (χ1v) is 4.47. The highest BCUT2D eigenvalue weighted by Crippen LogP contribution is 2.17. The van der Waals surface area contributed by atoms with E-state index in [9.17, 15) is 0 Å². The smallest absolute Gasteiger partial charge is 0.0488 e. The van der Waals surface area contributed by atoms with Gasteiger partial charge in [-0.15, -0.1) is 0 Å². The second kappa shape index (κ2) is 3.29. The molecule has 1 aromatic heterocycles. The van der Waals surface area contributed by atoms with Crippen LogP contribution in [0.5, 0.6) is 0 Å². The van der Waals surface area contributed by atoms with Gasteiger partial charge in [0.05, 0.1) is 0 Å². The molecule has 0 aliphatic carbocycles. The van der Waals surface area contributed by atoms with Gasteiger partial charge in [-0.25, -0.2) is 0 Å². The van der Waals surface area contributed by atoms with Crippen LogP contribution in [-0.2, 0) is 0 Å². The summed E-state index contributed by atoms with van der Waals surface area (Å²) in [6.45, 7) is 4.34. The molecule has 3 nitrogen and oxygen atoms in total. The Morgan fingerprint density at radius 1 is 1.33 bits per heavy atom. The van der Waals surface area contributed by atoms with Crippen LogP contribution in [0.4, 0.5) is 0 Å². The second-order valence-corrected chi connectivity index (χ2v) is 3.32. The average molecular weight is 165 g/mol. The van der Waals surface area contributed by atoms with Gasteiger partial charge < -0.3 is 15.6 Å². The maximum Gasteiger partial charge on any atom is 0.0488 e. The molecule has 3 heteroatoms. The van der Waals surface area contributed by atoms with Crippen LogP contribution in [-0.4, -0.2) is 24.1 Å². The summed E-state index contributed by atoms with van der Waals surface area (Å²) in [6, 6.07) is 3.11. The first kappa shape index (κ1) is 7.83. The molecule has 2 atom stereocenters. The van der Waals surface area contributed by atoms with Crippen LogP contribution in [0.3, 0.4) is 0 Å². The van der Waals surface area contributed by atoms with Gasteiger partial charge in [0, 0.05) is 37.6 Å². The highest BCUT2D eigenvalue weighted by Gasteiger charge is 2.21. The van der Waals surface area contributed by atoms with Crippen LogP contribution in [0.15, 0.2) is 18.5 Å².